The summed E-state index contributed by atoms with van der Waals surface area (Å²) in [6.07, 6.45) is 3.77. The van der Waals surface area contributed by atoms with Crippen LogP contribution < -0.4 is 9.64 Å². The van der Waals surface area contributed by atoms with Gasteiger partial charge < -0.3 is 9.64 Å². The van der Waals surface area contributed by atoms with Gasteiger partial charge in [0.1, 0.15) is 0 Å². The van der Waals surface area contributed by atoms with E-state index in [0.29, 0.717) is 5.82 Å². The molecule has 256 valence electrons. The van der Waals surface area contributed by atoms with Crippen LogP contribution >= 0.6 is 0 Å². The van der Waals surface area contributed by atoms with Crippen LogP contribution in [0.15, 0.2) is 176 Å². The molecule has 6 heteroatoms. The Morgan fingerprint density at radius 2 is 1.25 bits per heavy atom. The van der Waals surface area contributed by atoms with E-state index in [-0.39, 0.29) is 0 Å². The van der Waals surface area contributed by atoms with Gasteiger partial charge in [0, 0.05) is 45.7 Å². The van der Waals surface area contributed by atoms with Gasteiger partial charge in [-0.05, 0) is 70.8 Å². The lowest BCUT2D eigenvalue weighted by atomic mass is 9.71. The van der Waals surface area contributed by atoms with Crippen LogP contribution in [0.2, 0.25) is 0 Å². The second kappa shape index (κ2) is 11.3. The Morgan fingerprint density at radius 1 is 0.509 bits per heavy atom. The molecule has 9 aromatic rings. The summed E-state index contributed by atoms with van der Waals surface area (Å²) in [6.45, 7) is 0. The maximum Gasteiger partial charge on any atom is 0.161 e. The molecule has 1 aliphatic heterocycles. The van der Waals surface area contributed by atoms with Gasteiger partial charge in [-0.3, -0.25) is 9.97 Å². The maximum absolute atomic E-state index is 7.00. The fraction of sp³-hybridized carbons (Fsp3) is 0.0204. The van der Waals surface area contributed by atoms with Crippen LogP contribution in [-0.2, 0) is 5.41 Å². The van der Waals surface area contributed by atoms with Crippen LogP contribution in [0.4, 0.5) is 17.1 Å². The molecule has 0 saturated carbocycles. The third-order valence-corrected chi connectivity index (χ3v) is 11.4. The summed E-state index contributed by atoms with van der Waals surface area (Å²) in [6, 6.07) is 57.1. The zero-order valence-electron chi connectivity index (χ0n) is 29.4. The number of rotatable bonds is 3. The Labute approximate surface area is 317 Å². The lowest BCUT2D eigenvalue weighted by Crippen LogP contribution is -2.26. The van der Waals surface area contributed by atoms with E-state index in [9.17, 15) is 0 Å². The van der Waals surface area contributed by atoms with Crippen LogP contribution in [0.5, 0.6) is 11.5 Å². The van der Waals surface area contributed by atoms with Crippen molar-refractivity contribution in [1.82, 2.24) is 19.9 Å². The normalized spacial score (nSPS) is 15.5. The summed E-state index contributed by atoms with van der Waals surface area (Å²) in [4.78, 5) is 22.9. The quantitative estimate of drug-likeness (QED) is 0.183. The van der Waals surface area contributed by atoms with Crippen molar-refractivity contribution in [1.29, 1.82) is 0 Å². The molecule has 0 N–H and O–H groups in total. The Bertz CT molecular complexity index is 3040. The van der Waals surface area contributed by atoms with Gasteiger partial charge >= 0.3 is 0 Å². The molecule has 55 heavy (non-hydrogen) atoms. The summed E-state index contributed by atoms with van der Waals surface area (Å²) in [5.41, 5.74) is 14.4. The van der Waals surface area contributed by atoms with E-state index in [4.69, 9.17) is 24.7 Å². The van der Waals surface area contributed by atoms with E-state index in [1.807, 2.05) is 54.9 Å². The van der Waals surface area contributed by atoms with Gasteiger partial charge in [-0.25, -0.2) is 9.97 Å². The fourth-order valence-electron chi connectivity index (χ4n) is 9.13. The molecule has 6 nitrogen and oxygen atoms in total. The zero-order chi connectivity index (χ0) is 36.1. The lowest BCUT2D eigenvalue weighted by Gasteiger charge is -2.35. The number of pyridine rings is 2. The molecule has 1 atom stereocenters. The van der Waals surface area contributed by atoms with E-state index in [0.717, 1.165) is 95.5 Å². The molecule has 1 unspecified atom stereocenters. The smallest absolute Gasteiger partial charge is 0.161 e. The molecule has 3 aliphatic rings. The first-order chi connectivity index (χ1) is 27.3. The molecule has 1 spiro atoms. The molecule has 0 fully saturated rings. The molecule has 4 heterocycles. The first-order valence-corrected chi connectivity index (χ1v) is 18.5. The molecule has 0 saturated heterocycles. The standard InChI is InChI=1S/C49H29N5O/c1-3-14-30(15-4-1)44-34-19-8-10-22-39(34)52-48(53-44)31-28-38-46(51-29-31)45-37(21-13-27-50-45)49(38)35-20-9-7-18-33(35)43-36(49)25-26-41-47(43)55-42-24-12-11-23-40(42)54(41)32-16-5-2-6-17-32/h1-29H. The minimum Gasteiger partial charge on any atom is -0.452 e. The predicted octanol–water partition coefficient (Wildman–Crippen LogP) is 11.7. The highest BCUT2D eigenvalue weighted by Crippen LogP contribution is 2.66. The van der Waals surface area contributed by atoms with Crippen LogP contribution in [0.3, 0.4) is 0 Å². The summed E-state index contributed by atoms with van der Waals surface area (Å²) < 4.78 is 7.00. The molecule has 0 bridgehead atoms. The van der Waals surface area contributed by atoms with Gasteiger partial charge in [-0.15, -0.1) is 0 Å². The highest BCUT2D eigenvalue weighted by molar-refractivity contribution is 6.01. The average molecular weight is 704 g/mol. The Hall–Kier alpha value is -7.44. The van der Waals surface area contributed by atoms with Crippen LogP contribution in [-0.4, -0.2) is 19.9 Å². The number of anilines is 3. The number of hydrogen-bond donors (Lipinski definition) is 0. The fourth-order valence-corrected chi connectivity index (χ4v) is 9.13. The molecular formula is C49H29N5O. The van der Waals surface area contributed by atoms with Crippen molar-refractivity contribution in [2.24, 2.45) is 0 Å². The summed E-state index contributed by atoms with van der Waals surface area (Å²) >= 11 is 0. The number of para-hydroxylation sites is 4. The number of fused-ring (bicyclic) bond motifs is 14. The molecule has 12 rings (SSSR count). The predicted molar refractivity (Wildman–Crippen MR) is 217 cm³/mol. The van der Waals surface area contributed by atoms with Crippen molar-refractivity contribution in [3.8, 4) is 56.7 Å². The highest BCUT2D eigenvalue weighted by Gasteiger charge is 2.54. The van der Waals surface area contributed by atoms with Crippen LogP contribution in [0.25, 0.3) is 56.1 Å². The van der Waals surface area contributed by atoms with Crippen molar-refractivity contribution in [2.75, 3.05) is 4.90 Å². The lowest BCUT2D eigenvalue weighted by molar-refractivity contribution is 0.478. The summed E-state index contributed by atoms with van der Waals surface area (Å²) in [5.74, 6) is 2.27. The minimum atomic E-state index is -0.708. The molecule has 6 aromatic carbocycles. The number of ether oxygens (including phenoxy) is 1. The number of hydrogen-bond acceptors (Lipinski definition) is 6. The molecule has 0 amide bonds. The number of aromatic nitrogens is 4. The topological polar surface area (TPSA) is 64.0 Å². The van der Waals surface area contributed by atoms with E-state index in [1.165, 1.54) is 5.56 Å². The van der Waals surface area contributed by atoms with Crippen LogP contribution in [0.1, 0.15) is 22.3 Å². The van der Waals surface area contributed by atoms with Crippen molar-refractivity contribution in [3.05, 3.63) is 198 Å². The SMILES string of the molecule is c1ccc(-c2nc(-c3cnc4c(c3)C3(c5ccccc5-c5c3ccc3c5Oc5ccccc5N3c3ccccc3)c3cccnc3-4)nc3ccccc23)cc1. The Kier molecular flexibility index (Phi) is 6.17. The van der Waals surface area contributed by atoms with Gasteiger partial charge in [0.15, 0.2) is 17.3 Å². The third-order valence-electron chi connectivity index (χ3n) is 11.4. The first-order valence-electron chi connectivity index (χ1n) is 18.5. The van der Waals surface area contributed by atoms with Crippen molar-refractivity contribution in [2.45, 2.75) is 5.41 Å². The van der Waals surface area contributed by atoms with Crippen molar-refractivity contribution < 1.29 is 4.74 Å². The minimum absolute atomic E-state index is 0.627. The summed E-state index contributed by atoms with van der Waals surface area (Å²) in [7, 11) is 0. The van der Waals surface area contributed by atoms with E-state index in [1.54, 1.807) is 0 Å². The molecule has 0 radical (unpaired) electrons. The van der Waals surface area contributed by atoms with Crippen molar-refractivity contribution >= 4 is 28.0 Å². The molecule has 3 aromatic heterocycles. The van der Waals surface area contributed by atoms with Gasteiger partial charge in [-0.1, -0.05) is 115 Å². The zero-order valence-corrected chi connectivity index (χ0v) is 29.4. The second-order valence-corrected chi connectivity index (χ2v) is 14.2. The Morgan fingerprint density at radius 3 is 2.16 bits per heavy atom. The summed E-state index contributed by atoms with van der Waals surface area (Å²) in [5, 5.41) is 1.01. The Balaban J connectivity index is 1.13. The number of nitrogens with zero attached hydrogens (tertiary/aromatic N) is 5. The van der Waals surface area contributed by atoms with Gasteiger partial charge in [-0.2, -0.15) is 0 Å². The monoisotopic (exact) mass is 703 g/mol. The largest absolute Gasteiger partial charge is 0.452 e. The highest BCUT2D eigenvalue weighted by atomic mass is 16.5. The second-order valence-electron chi connectivity index (χ2n) is 14.2. The van der Waals surface area contributed by atoms with Gasteiger partial charge in [0.25, 0.3) is 0 Å². The maximum atomic E-state index is 7.00. The average Bonchev–Trinajstić information content (AvgIpc) is 3.73. The van der Waals surface area contributed by atoms with E-state index in [2.05, 4.69) is 126 Å². The van der Waals surface area contributed by atoms with E-state index < -0.39 is 5.41 Å². The van der Waals surface area contributed by atoms with Crippen LogP contribution in [0, 0.1) is 0 Å². The van der Waals surface area contributed by atoms with Gasteiger partial charge in [0.05, 0.1) is 39.4 Å². The van der Waals surface area contributed by atoms with Gasteiger partial charge in [0.2, 0.25) is 0 Å². The molecule has 2 aliphatic carbocycles. The third kappa shape index (κ3) is 4.08. The first kappa shape index (κ1) is 30.1. The molecular weight excluding hydrogens is 675 g/mol. The number of benzene rings is 6. The van der Waals surface area contributed by atoms with Crippen molar-refractivity contribution in [3.63, 3.8) is 0 Å². The van der Waals surface area contributed by atoms with E-state index >= 15 is 0 Å².